The van der Waals surface area contributed by atoms with Gasteiger partial charge in [-0.2, -0.15) is 0 Å². The summed E-state index contributed by atoms with van der Waals surface area (Å²) in [4.78, 5) is 4.57. The van der Waals surface area contributed by atoms with E-state index < -0.39 is 0 Å². The standard InChI is InChI=1S/C14H12N2O3S/c1-8-2-4-10(13(15)20)14(16-8)19-9-3-5-11-12(6-9)18-7-17-11/h2-6H,7H2,1H3,(H2,15,20). The van der Waals surface area contributed by atoms with Gasteiger partial charge in [-0.15, -0.1) is 0 Å². The van der Waals surface area contributed by atoms with Crippen molar-refractivity contribution in [3.05, 3.63) is 41.6 Å². The first kappa shape index (κ1) is 12.7. The summed E-state index contributed by atoms with van der Waals surface area (Å²) in [5, 5.41) is 0. The largest absolute Gasteiger partial charge is 0.454 e. The number of benzene rings is 1. The Morgan fingerprint density at radius 2 is 2.05 bits per heavy atom. The highest BCUT2D eigenvalue weighted by Crippen LogP contribution is 2.36. The lowest BCUT2D eigenvalue weighted by Gasteiger charge is -2.10. The molecule has 2 N–H and O–H groups in total. The number of ether oxygens (including phenoxy) is 3. The molecular weight excluding hydrogens is 276 g/mol. The van der Waals surface area contributed by atoms with Crippen molar-refractivity contribution >= 4 is 17.2 Å². The number of aryl methyl sites for hydroxylation is 1. The van der Waals surface area contributed by atoms with Crippen molar-refractivity contribution in [3.8, 4) is 23.1 Å². The molecule has 0 radical (unpaired) electrons. The highest BCUT2D eigenvalue weighted by Gasteiger charge is 2.15. The SMILES string of the molecule is Cc1ccc(C(N)=S)c(Oc2ccc3c(c2)OCO3)n1. The topological polar surface area (TPSA) is 66.6 Å². The van der Waals surface area contributed by atoms with Crippen LogP contribution < -0.4 is 19.9 Å². The molecule has 0 unspecified atom stereocenters. The van der Waals surface area contributed by atoms with E-state index in [4.69, 9.17) is 32.2 Å². The second kappa shape index (κ2) is 4.97. The van der Waals surface area contributed by atoms with E-state index in [9.17, 15) is 0 Å². The number of hydrogen-bond acceptors (Lipinski definition) is 5. The lowest BCUT2D eigenvalue weighted by atomic mass is 10.2. The first-order valence-electron chi connectivity index (χ1n) is 5.98. The van der Waals surface area contributed by atoms with Gasteiger partial charge in [0.1, 0.15) is 10.7 Å². The van der Waals surface area contributed by atoms with E-state index in [1.807, 2.05) is 13.0 Å². The monoisotopic (exact) mass is 288 g/mol. The Hall–Kier alpha value is -2.34. The molecule has 2 heterocycles. The molecule has 3 rings (SSSR count). The molecule has 1 aromatic carbocycles. The van der Waals surface area contributed by atoms with E-state index in [0.29, 0.717) is 28.7 Å². The van der Waals surface area contributed by atoms with Crippen LogP contribution in [0.3, 0.4) is 0 Å². The highest BCUT2D eigenvalue weighted by atomic mass is 32.1. The zero-order valence-corrected chi connectivity index (χ0v) is 11.6. The average molecular weight is 288 g/mol. The number of rotatable bonds is 3. The minimum absolute atomic E-state index is 0.222. The van der Waals surface area contributed by atoms with Crippen LogP contribution in [0.5, 0.6) is 23.1 Å². The van der Waals surface area contributed by atoms with Gasteiger partial charge in [-0.3, -0.25) is 0 Å². The molecule has 0 atom stereocenters. The molecule has 1 aliphatic heterocycles. The molecule has 6 heteroatoms. The second-order valence-corrected chi connectivity index (χ2v) is 4.73. The molecular formula is C14H12N2O3S. The number of aromatic nitrogens is 1. The van der Waals surface area contributed by atoms with Gasteiger partial charge in [-0.25, -0.2) is 4.98 Å². The fourth-order valence-electron chi connectivity index (χ4n) is 1.85. The predicted octanol–water partition coefficient (Wildman–Crippen LogP) is 2.55. The van der Waals surface area contributed by atoms with Crippen LogP contribution in [0.4, 0.5) is 0 Å². The van der Waals surface area contributed by atoms with Crippen LogP contribution in [0.2, 0.25) is 0 Å². The number of thiocarbonyl (C=S) groups is 1. The van der Waals surface area contributed by atoms with Crippen molar-refractivity contribution in [2.24, 2.45) is 5.73 Å². The Morgan fingerprint density at radius 3 is 2.85 bits per heavy atom. The molecule has 102 valence electrons. The van der Waals surface area contributed by atoms with Gasteiger partial charge < -0.3 is 19.9 Å². The van der Waals surface area contributed by atoms with Gasteiger partial charge in [0.15, 0.2) is 11.5 Å². The minimum atomic E-state index is 0.222. The smallest absolute Gasteiger partial charge is 0.231 e. The molecule has 1 aliphatic rings. The van der Waals surface area contributed by atoms with E-state index in [0.717, 1.165) is 5.69 Å². The van der Waals surface area contributed by atoms with Crippen LogP contribution in [0.1, 0.15) is 11.3 Å². The molecule has 0 aliphatic carbocycles. The Balaban J connectivity index is 1.95. The zero-order valence-electron chi connectivity index (χ0n) is 10.8. The lowest BCUT2D eigenvalue weighted by Crippen LogP contribution is -2.11. The summed E-state index contributed by atoms with van der Waals surface area (Å²) in [6, 6.07) is 8.94. The fraction of sp³-hybridized carbons (Fsp3) is 0.143. The average Bonchev–Trinajstić information content (AvgIpc) is 2.85. The summed E-state index contributed by atoms with van der Waals surface area (Å²) in [7, 11) is 0. The molecule has 5 nitrogen and oxygen atoms in total. The van der Waals surface area contributed by atoms with E-state index in [1.54, 1.807) is 24.3 Å². The number of nitrogens with two attached hydrogens (primary N) is 1. The third kappa shape index (κ3) is 2.37. The van der Waals surface area contributed by atoms with Gasteiger partial charge in [0.25, 0.3) is 0 Å². The first-order valence-corrected chi connectivity index (χ1v) is 6.39. The Labute approximate surface area is 121 Å². The van der Waals surface area contributed by atoms with Crippen LogP contribution in [0.15, 0.2) is 30.3 Å². The van der Waals surface area contributed by atoms with Crippen molar-refractivity contribution in [1.29, 1.82) is 0 Å². The normalized spacial score (nSPS) is 12.2. The Bertz CT molecular complexity index is 688. The molecule has 0 amide bonds. The summed E-state index contributed by atoms with van der Waals surface area (Å²) in [6.45, 7) is 2.09. The lowest BCUT2D eigenvalue weighted by molar-refractivity contribution is 0.174. The van der Waals surface area contributed by atoms with Crippen LogP contribution in [0, 0.1) is 6.92 Å². The van der Waals surface area contributed by atoms with Crippen molar-refractivity contribution < 1.29 is 14.2 Å². The van der Waals surface area contributed by atoms with E-state index >= 15 is 0 Å². The fourth-order valence-corrected chi connectivity index (χ4v) is 2.01. The summed E-state index contributed by atoms with van der Waals surface area (Å²) in [5.74, 6) is 2.32. The van der Waals surface area contributed by atoms with Crippen molar-refractivity contribution in [1.82, 2.24) is 4.98 Å². The van der Waals surface area contributed by atoms with Crippen LogP contribution >= 0.6 is 12.2 Å². The molecule has 0 saturated carbocycles. The highest BCUT2D eigenvalue weighted by molar-refractivity contribution is 7.80. The van der Waals surface area contributed by atoms with Crippen molar-refractivity contribution in [2.75, 3.05) is 6.79 Å². The molecule has 0 bridgehead atoms. The molecule has 20 heavy (non-hydrogen) atoms. The third-order valence-corrected chi connectivity index (χ3v) is 3.04. The van der Waals surface area contributed by atoms with E-state index in [1.165, 1.54) is 0 Å². The molecule has 0 saturated heterocycles. The Kier molecular flexibility index (Phi) is 3.15. The molecule has 0 spiro atoms. The molecule has 2 aromatic rings. The number of nitrogens with zero attached hydrogens (tertiary/aromatic N) is 1. The molecule has 1 aromatic heterocycles. The van der Waals surface area contributed by atoms with Gasteiger partial charge in [-0.1, -0.05) is 12.2 Å². The van der Waals surface area contributed by atoms with Gasteiger partial charge in [0, 0.05) is 11.8 Å². The van der Waals surface area contributed by atoms with Crippen LogP contribution in [-0.4, -0.2) is 16.8 Å². The van der Waals surface area contributed by atoms with Gasteiger partial charge in [-0.05, 0) is 31.2 Å². The summed E-state index contributed by atoms with van der Waals surface area (Å²) in [6.07, 6.45) is 0. The maximum absolute atomic E-state index is 5.76. The quantitative estimate of drug-likeness (QED) is 0.876. The predicted molar refractivity (Wildman–Crippen MR) is 77.5 cm³/mol. The number of hydrogen-bond donors (Lipinski definition) is 1. The van der Waals surface area contributed by atoms with Crippen LogP contribution in [0.25, 0.3) is 0 Å². The van der Waals surface area contributed by atoms with E-state index in [-0.39, 0.29) is 11.8 Å². The van der Waals surface area contributed by atoms with Crippen molar-refractivity contribution in [2.45, 2.75) is 6.92 Å². The number of pyridine rings is 1. The third-order valence-electron chi connectivity index (χ3n) is 2.82. The van der Waals surface area contributed by atoms with Crippen LogP contribution in [-0.2, 0) is 0 Å². The second-order valence-electron chi connectivity index (χ2n) is 4.29. The minimum Gasteiger partial charge on any atom is -0.454 e. The maximum atomic E-state index is 5.76. The van der Waals surface area contributed by atoms with Gasteiger partial charge in [0.05, 0.1) is 5.56 Å². The molecule has 0 fully saturated rings. The number of fused-ring (bicyclic) bond motifs is 1. The zero-order chi connectivity index (χ0) is 14.1. The maximum Gasteiger partial charge on any atom is 0.231 e. The van der Waals surface area contributed by atoms with Crippen molar-refractivity contribution in [3.63, 3.8) is 0 Å². The summed E-state index contributed by atoms with van der Waals surface area (Å²) < 4.78 is 16.3. The van der Waals surface area contributed by atoms with E-state index in [2.05, 4.69) is 4.98 Å². The van der Waals surface area contributed by atoms with Gasteiger partial charge in [0.2, 0.25) is 12.7 Å². The Morgan fingerprint density at radius 1 is 1.25 bits per heavy atom. The first-order chi connectivity index (χ1) is 9.63. The van der Waals surface area contributed by atoms with Gasteiger partial charge >= 0.3 is 0 Å². The summed E-state index contributed by atoms with van der Waals surface area (Å²) in [5.41, 5.74) is 7.10. The summed E-state index contributed by atoms with van der Waals surface area (Å²) >= 11 is 5.00.